The third-order valence-corrected chi connectivity index (χ3v) is 2.76. The van der Waals surface area contributed by atoms with Crippen LogP contribution in [0.3, 0.4) is 0 Å². The first-order chi connectivity index (χ1) is 8.78. The summed E-state index contributed by atoms with van der Waals surface area (Å²) in [4.78, 5) is 11.0. The summed E-state index contributed by atoms with van der Waals surface area (Å²) in [6.45, 7) is 0. The number of carboxylic acid groups (broad SMARTS) is 1. The maximum atomic E-state index is 12.7. The van der Waals surface area contributed by atoms with Crippen LogP contribution in [0.15, 0.2) is 24.3 Å². The van der Waals surface area contributed by atoms with Crippen molar-refractivity contribution in [3.05, 3.63) is 35.6 Å². The molecule has 0 saturated carbocycles. The molecule has 0 aliphatic heterocycles. The highest BCUT2D eigenvalue weighted by atomic mass is 19.4. The molecule has 6 heteroatoms. The fraction of sp³-hybridized carbons (Fsp3) is 0.462. The Kier molecular flexibility index (Phi) is 5.32. The second kappa shape index (κ2) is 6.54. The molecule has 0 amide bonds. The summed E-state index contributed by atoms with van der Waals surface area (Å²) in [6.07, 6.45) is -5.42. The molecule has 0 saturated heterocycles. The summed E-state index contributed by atoms with van der Waals surface area (Å²) < 4.78 is 48.6. The molecule has 0 aliphatic carbocycles. The van der Waals surface area contributed by atoms with Gasteiger partial charge in [0.15, 0.2) is 0 Å². The van der Waals surface area contributed by atoms with Crippen LogP contribution in [-0.4, -0.2) is 17.3 Å². The SMILES string of the molecule is O=C(O)C(CCCC(F)(F)F)Cc1ccc(F)cc1. The zero-order valence-corrected chi connectivity index (χ0v) is 10.1. The normalized spacial score (nSPS) is 13.3. The molecule has 106 valence electrons. The molecule has 1 unspecified atom stereocenters. The van der Waals surface area contributed by atoms with Crippen molar-refractivity contribution in [1.29, 1.82) is 0 Å². The van der Waals surface area contributed by atoms with Gasteiger partial charge in [0.05, 0.1) is 5.92 Å². The molecule has 0 heterocycles. The number of hydrogen-bond donors (Lipinski definition) is 1. The van der Waals surface area contributed by atoms with Gasteiger partial charge < -0.3 is 5.11 Å². The van der Waals surface area contributed by atoms with Gasteiger partial charge in [-0.25, -0.2) is 4.39 Å². The standard InChI is InChI=1S/C13H14F4O2/c14-11-5-3-9(4-6-11)8-10(12(18)19)2-1-7-13(15,16)17/h3-6,10H,1-2,7-8H2,(H,18,19). The van der Waals surface area contributed by atoms with Crippen molar-refractivity contribution in [1.82, 2.24) is 0 Å². The summed E-state index contributed by atoms with van der Waals surface area (Å²) in [7, 11) is 0. The lowest BCUT2D eigenvalue weighted by Crippen LogP contribution is -2.18. The zero-order valence-electron chi connectivity index (χ0n) is 10.1. The molecule has 1 rings (SSSR count). The van der Waals surface area contributed by atoms with E-state index in [0.717, 1.165) is 0 Å². The van der Waals surface area contributed by atoms with Crippen LogP contribution in [0.4, 0.5) is 17.6 Å². The highest BCUT2D eigenvalue weighted by Crippen LogP contribution is 2.25. The van der Waals surface area contributed by atoms with Crippen LogP contribution in [0.1, 0.15) is 24.8 Å². The maximum absolute atomic E-state index is 12.7. The Balaban J connectivity index is 2.53. The molecule has 0 radical (unpaired) electrons. The van der Waals surface area contributed by atoms with E-state index in [4.69, 9.17) is 5.11 Å². The van der Waals surface area contributed by atoms with E-state index in [1.807, 2.05) is 0 Å². The third-order valence-electron chi connectivity index (χ3n) is 2.76. The minimum Gasteiger partial charge on any atom is -0.481 e. The molecule has 0 bridgehead atoms. The number of carbonyl (C=O) groups is 1. The number of benzene rings is 1. The number of carboxylic acids is 1. The van der Waals surface area contributed by atoms with Gasteiger partial charge in [-0.05, 0) is 37.0 Å². The van der Waals surface area contributed by atoms with Crippen LogP contribution >= 0.6 is 0 Å². The van der Waals surface area contributed by atoms with Crippen molar-refractivity contribution in [3.63, 3.8) is 0 Å². The van der Waals surface area contributed by atoms with Crippen molar-refractivity contribution >= 4 is 5.97 Å². The molecule has 1 aromatic carbocycles. The predicted molar refractivity (Wildman–Crippen MR) is 61.1 cm³/mol. The minimum atomic E-state index is -4.26. The average Bonchev–Trinajstić information content (AvgIpc) is 2.28. The van der Waals surface area contributed by atoms with E-state index >= 15 is 0 Å². The van der Waals surface area contributed by atoms with Gasteiger partial charge in [-0.15, -0.1) is 0 Å². The Morgan fingerprint density at radius 1 is 1.21 bits per heavy atom. The number of alkyl halides is 3. The second-order valence-corrected chi connectivity index (χ2v) is 4.37. The fourth-order valence-electron chi connectivity index (χ4n) is 1.77. The Morgan fingerprint density at radius 3 is 2.26 bits per heavy atom. The molecule has 1 N–H and O–H groups in total. The lowest BCUT2D eigenvalue weighted by atomic mass is 9.94. The monoisotopic (exact) mass is 278 g/mol. The predicted octanol–water partition coefficient (Wildman–Crippen LogP) is 3.80. The first-order valence-electron chi connectivity index (χ1n) is 5.82. The summed E-state index contributed by atoms with van der Waals surface area (Å²) in [6, 6.07) is 5.28. The highest BCUT2D eigenvalue weighted by molar-refractivity contribution is 5.70. The van der Waals surface area contributed by atoms with Crippen LogP contribution in [0.2, 0.25) is 0 Å². The van der Waals surface area contributed by atoms with Crippen LogP contribution in [0.5, 0.6) is 0 Å². The zero-order chi connectivity index (χ0) is 14.5. The van der Waals surface area contributed by atoms with E-state index < -0.39 is 30.3 Å². The van der Waals surface area contributed by atoms with Crippen molar-refractivity contribution in [2.24, 2.45) is 5.92 Å². The van der Waals surface area contributed by atoms with Gasteiger partial charge in [0.2, 0.25) is 0 Å². The lowest BCUT2D eigenvalue weighted by Gasteiger charge is -2.13. The van der Waals surface area contributed by atoms with E-state index in [2.05, 4.69) is 0 Å². The number of hydrogen-bond acceptors (Lipinski definition) is 1. The molecule has 0 aliphatic rings. The molecule has 19 heavy (non-hydrogen) atoms. The molecular weight excluding hydrogens is 264 g/mol. The van der Waals surface area contributed by atoms with Gasteiger partial charge >= 0.3 is 12.1 Å². The second-order valence-electron chi connectivity index (χ2n) is 4.37. The van der Waals surface area contributed by atoms with E-state index in [1.165, 1.54) is 24.3 Å². The Labute approximate surface area is 108 Å². The lowest BCUT2D eigenvalue weighted by molar-refractivity contribution is -0.145. The van der Waals surface area contributed by atoms with Gasteiger partial charge in [0, 0.05) is 6.42 Å². The molecule has 0 aromatic heterocycles. The first-order valence-corrected chi connectivity index (χ1v) is 5.82. The quantitative estimate of drug-likeness (QED) is 0.803. The van der Waals surface area contributed by atoms with Crippen molar-refractivity contribution in [3.8, 4) is 0 Å². The number of rotatable bonds is 6. The summed E-state index contributed by atoms with van der Waals surface area (Å²) >= 11 is 0. The van der Waals surface area contributed by atoms with Gasteiger partial charge in [0.25, 0.3) is 0 Å². The Morgan fingerprint density at radius 2 is 1.79 bits per heavy atom. The smallest absolute Gasteiger partial charge is 0.389 e. The van der Waals surface area contributed by atoms with Crippen LogP contribution < -0.4 is 0 Å². The van der Waals surface area contributed by atoms with E-state index in [0.29, 0.717) is 5.56 Å². The van der Waals surface area contributed by atoms with E-state index in [9.17, 15) is 22.4 Å². The Hall–Kier alpha value is -1.59. The highest BCUT2D eigenvalue weighted by Gasteiger charge is 2.28. The summed E-state index contributed by atoms with van der Waals surface area (Å²) in [5.74, 6) is -2.45. The van der Waals surface area contributed by atoms with Crippen LogP contribution in [0, 0.1) is 11.7 Å². The maximum Gasteiger partial charge on any atom is 0.389 e. The molecule has 0 spiro atoms. The van der Waals surface area contributed by atoms with Gasteiger partial charge in [0.1, 0.15) is 5.82 Å². The molecule has 1 aromatic rings. The Bertz CT molecular complexity index is 412. The van der Waals surface area contributed by atoms with Gasteiger partial charge in [-0.1, -0.05) is 12.1 Å². The van der Waals surface area contributed by atoms with Gasteiger partial charge in [-0.3, -0.25) is 4.79 Å². The minimum absolute atomic E-state index is 0.0494. The largest absolute Gasteiger partial charge is 0.481 e. The van der Waals surface area contributed by atoms with E-state index in [1.54, 1.807) is 0 Å². The number of halogens is 4. The fourth-order valence-corrected chi connectivity index (χ4v) is 1.77. The van der Waals surface area contributed by atoms with Gasteiger partial charge in [-0.2, -0.15) is 13.2 Å². The first kappa shape index (κ1) is 15.5. The molecule has 2 nitrogen and oxygen atoms in total. The van der Waals surface area contributed by atoms with Crippen molar-refractivity contribution in [2.45, 2.75) is 31.9 Å². The number of aliphatic carboxylic acids is 1. The molecule has 1 atom stereocenters. The van der Waals surface area contributed by atoms with Crippen LogP contribution in [0.25, 0.3) is 0 Å². The summed E-state index contributed by atoms with van der Waals surface area (Å²) in [5, 5.41) is 8.96. The van der Waals surface area contributed by atoms with Crippen molar-refractivity contribution < 1.29 is 27.5 Å². The van der Waals surface area contributed by atoms with Crippen LogP contribution in [-0.2, 0) is 11.2 Å². The topological polar surface area (TPSA) is 37.3 Å². The van der Waals surface area contributed by atoms with Crippen molar-refractivity contribution in [2.75, 3.05) is 0 Å². The van der Waals surface area contributed by atoms with E-state index in [-0.39, 0.29) is 19.3 Å². The molecule has 0 fully saturated rings. The average molecular weight is 278 g/mol. The third kappa shape index (κ3) is 6.22. The summed E-state index contributed by atoms with van der Waals surface area (Å²) in [5.41, 5.74) is 0.598. The molecular formula is C13H14F4O2.